The summed E-state index contributed by atoms with van der Waals surface area (Å²) in [6.07, 6.45) is -4.68. The second-order valence-corrected chi connectivity index (χ2v) is 7.30. The lowest BCUT2D eigenvalue weighted by Gasteiger charge is -2.18. The zero-order valence-electron chi connectivity index (χ0n) is 12.0. The number of carbonyl (C=O) groups is 1. The zero-order chi connectivity index (χ0) is 17.4. The van der Waals surface area contributed by atoms with Gasteiger partial charge >= 0.3 is 6.18 Å². The number of nitrogens with zero attached hydrogens (tertiary/aromatic N) is 1. The smallest absolute Gasteiger partial charge is 0.351 e. The summed E-state index contributed by atoms with van der Waals surface area (Å²) < 4.78 is 75.5. The van der Waals surface area contributed by atoms with Crippen molar-refractivity contribution in [1.82, 2.24) is 9.62 Å². The maximum absolute atomic E-state index is 13.0. The minimum absolute atomic E-state index is 0.0697. The number of sulfonamides is 1. The van der Waals surface area contributed by atoms with Crippen LogP contribution < -0.4 is 5.32 Å². The molecule has 1 saturated heterocycles. The third-order valence-electron chi connectivity index (χ3n) is 3.66. The summed E-state index contributed by atoms with van der Waals surface area (Å²) >= 11 is 0. The van der Waals surface area contributed by atoms with Crippen LogP contribution in [-0.4, -0.2) is 37.5 Å². The Morgan fingerprint density at radius 1 is 1.39 bits per heavy atom. The highest BCUT2D eigenvalue weighted by Crippen LogP contribution is 2.32. The van der Waals surface area contributed by atoms with Crippen molar-refractivity contribution in [2.75, 3.05) is 12.8 Å². The molecule has 128 valence electrons. The average molecular weight is 354 g/mol. The van der Waals surface area contributed by atoms with Crippen LogP contribution in [0.25, 0.3) is 0 Å². The van der Waals surface area contributed by atoms with Gasteiger partial charge in [-0.15, -0.1) is 0 Å². The van der Waals surface area contributed by atoms with Crippen LogP contribution in [0, 0.1) is 5.82 Å². The second-order valence-electron chi connectivity index (χ2n) is 5.15. The van der Waals surface area contributed by atoms with Crippen molar-refractivity contribution in [3.8, 4) is 0 Å². The fourth-order valence-electron chi connectivity index (χ4n) is 2.34. The monoisotopic (exact) mass is 354 g/mol. The molecule has 1 atom stereocenters. The molecule has 0 bridgehead atoms. The van der Waals surface area contributed by atoms with Gasteiger partial charge in [0.2, 0.25) is 15.9 Å². The molecule has 0 aliphatic carbocycles. The molecule has 10 heteroatoms. The number of carbonyl (C=O) groups excluding carboxylic acids is 1. The molecule has 1 heterocycles. The molecule has 1 N–H and O–H groups in total. The van der Waals surface area contributed by atoms with Gasteiger partial charge in [0.25, 0.3) is 0 Å². The normalized spacial score (nSPS) is 21.3. The molecule has 0 aromatic heterocycles. The van der Waals surface area contributed by atoms with E-state index in [1.807, 2.05) is 0 Å². The summed E-state index contributed by atoms with van der Waals surface area (Å²) in [5, 5.41) is 2.27. The van der Waals surface area contributed by atoms with E-state index >= 15 is 0 Å². The molecule has 0 unspecified atom stereocenters. The minimum Gasteiger partial charge on any atom is -0.351 e. The number of alkyl halides is 3. The molecule has 1 aromatic carbocycles. The molecule has 5 nitrogen and oxygen atoms in total. The summed E-state index contributed by atoms with van der Waals surface area (Å²) in [6.45, 7) is -0.474. The van der Waals surface area contributed by atoms with Crippen molar-refractivity contribution in [2.24, 2.45) is 0 Å². The maximum Gasteiger partial charge on any atom is 0.416 e. The van der Waals surface area contributed by atoms with Crippen molar-refractivity contribution in [2.45, 2.75) is 25.2 Å². The Kier molecular flexibility index (Phi) is 4.67. The Bertz CT molecular complexity index is 718. The SMILES string of the molecule is CN1[C@H](C(=O)NCc2ccc(F)cc2C(F)(F)F)CCS1(=O)=O. The fraction of sp³-hybridized carbons (Fsp3) is 0.462. The van der Waals surface area contributed by atoms with E-state index < -0.39 is 46.1 Å². The van der Waals surface area contributed by atoms with Crippen LogP contribution in [0.4, 0.5) is 17.6 Å². The van der Waals surface area contributed by atoms with Crippen LogP contribution in [0.5, 0.6) is 0 Å². The predicted octanol–water partition coefficient (Wildman–Crippen LogP) is 1.49. The molecule has 1 aliphatic rings. The highest BCUT2D eigenvalue weighted by Gasteiger charge is 2.39. The first-order chi connectivity index (χ1) is 10.5. The van der Waals surface area contributed by atoms with Crippen LogP contribution in [0.2, 0.25) is 0 Å². The number of hydrogen-bond acceptors (Lipinski definition) is 3. The third-order valence-corrected chi connectivity index (χ3v) is 5.54. The fourth-order valence-corrected chi connectivity index (χ4v) is 3.74. The van der Waals surface area contributed by atoms with E-state index in [2.05, 4.69) is 5.32 Å². The molecule has 1 amide bonds. The Morgan fingerprint density at radius 3 is 2.57 bits per heavy atom. The second kappa shape index (κ2) is 6.08. The van der Waals surface area contributed by atoms with Crippen LogP contribution in [0.1, 0.15) is 17.5 Å². The highest BCUT2D eigenvalue weighted by atomic mass is 32.2. The maximum atomic E-state index is 13.0. The summed E-state index contributed by atoms with van der Waals surface area (Å²) in [5.74, 6) is -1.91. The van der Waals surface area contributed by atoms with Crippen LogP contribution in [0.15, 0.2) is 18.2 Å². The van der Waals surface area contributed by atoms with E-state index in [1.165, 1.54) is 7.05 Å². The summed E-state index contributed by atoms with van der Waals surface area (Å²) in [4.78, 5) is 12.0. The van der Waals surface area contributed by atoms with E-state index in [0.717, 1.165) is 16.4 Å². The molecule has 1 fully saturated rings. The van der Waals surface area contributed by atoms with Gasteiger partial charge < -0.3 is 5.32 Å². The largest absolute Gasteiger partial charge is 0.416 e. The van der Waals surface area contributed by atoms with E-state index in [0.29, 0.717) is 6.07 Å². The van der Waals surface area contributed by atoms with Gasteiger partial charge in [-0.3, -0.25) is 4.79 Å². The van der Waals surface area contributed by atoms with E-state index in [4.69, 9.17) is 0 Å². The first kappa shape index (κ1) is 17.7. The molecule has 0 radical (unpaired) electrons. The number of amides is 1. The van der Waals surface area contributed by atoms with Crippen molar-refractivity contribution >= 4 is 15.9 Å². The van der Waals surface area contributed by atoms with E-state index in [-0.39, 0.29) is 17.7 Å². The molecule has 1 aromatic rings. The van der Waals surface area contributed by atoms with E-state index in [1.54, 1.807) is 0 Å². The van der Waals surface area contributed by atoms with Gasteiger partial charge in [0.15, 0.2) is 0 Å². The summed E-state index contributed by atoms with van der Waals surface area (Å²) in [5.41, 5.74) is -1.47. The molecule has 0 saturated carbocycles. The van der Waals surface area contributed by atoms with Crippen molar-refractivity contribution in [1.29, 1.82) is 0 Å². The molecular formula is C13H14F4N2O3S. The molecular weight excluding hydrogens is 340 g/mol. The first-order valence-corrected chi connectivity index (χ1v) is 8.22. The lowest BCUT2D eigenvalue weighted by atomic mass is 10.1. The lowest BCUT2D eigenvalue weighted by Crippen LogP contribution is -2.42. The van der Waals surface area contributed by atoms with Crippen molar-refractivity contribution in [3.63, 3.8) is 0 Å². The highest BCUT2D eigenvalue weighted by molar-refractivity contribution is 7.89. The van der Waals surface area contributed by atoms with Crippen LogP contribution in [-0.2, 0) is 27.5 Å². The predicted molar refractivity (Wildman–Crippen MR) is 73.2 cm³/mol. The van der Waals surface area contributed by atoms with Gasteiger partial charge in [-0.25, -0.2) is 12.8 Å². The minimum atomic E-state index is -4.75. The number of benzene rings is 1. The third kappa shape index (κ3) is 3.81. The Balaban J connectivity index is 2.12. The topological polar surface area (TPSA) is 66.5 Å². The molecule has 1 aliphatic heterocycles. The van der Waals surface area contributed by atoms with Crippen molar-refractivity contribution < 1.29 is 30.8 Å². The number of nitrogens with one attached hydrogen (secondary N) is 1. The summed E-state index contributed by atoms with van der Waals surface area (Å²) in [6, 6.07) is 1.21. The number of halogens is 4. The number of hydrogen-bond donors (Lipinski definition) is 1. The molecule has 23 heavy (non-hydrogen) atoms. The van der Waals surface area contributed by atoms with Crippen molar-refractivity contribution in [3.05, 3.63) is 35.1 Å². The van der Waals surface area contributed by atoms with Gasteiger partial charge in [-0.1, -0.05) is 6.07 Å². The lowest BCUT2D eigenvalue weighted by molar-refractivity contribution is -0.138. The van der Waals surface area contributed by atoms with Crippen LogP contribution in [0.3, 0.4) is 0 Å². The Morgan fingerprint density at radius 2 is 2.04 bits per heavy atom. The zero-order valence-corrected chi connectivity index (χ0v) is 12.8. The van der Waals surface area contributed by atoms with Gasteiger partial charge in [-0.05, 0) is 24.1 Å². The number of rotatable bonds is 3. The quantitative estimate of drug-likeness (QED) is 0.837. The average Bonchev–Trinajstić information content (AvgIpc) is 2.71. The molecule has 2 rings (SSSR count). The summed E-state index contributed by atoms with van der Waals surface area (Å²) in [7, 11) is -2.25. The van der Waals surface area contributed by atoms with Crippen LogP contribution >= 0.6 is 0 Å². The van der Waals surface area contributed by atoms with Gasteiger partial charge in [0.1, 0.15) is 11.9 Å². The molecule has 0 spiro atoms. The Hall–Kier alpha value is -1.68. The van der Waals surface area contributed by atoms with Gasteiger partial charge in [0.05, 0.1) is 11.3 Å². The van der Waals surface area contributed by atoms with Gasteiger partial charge in [0, 0.05) is 13.6 Å². The van der Waals surface area contributed by atoms with E-state index in [9.17, 15) is 30.8 Å². The van der Waals surface area contributed by atoms with Gasteiger partial charge in [-0.2, -0.15) is 17.5 Å². The standard InChI is InChI=1S/C13H14F4N2O3S/c1-19-11(4-5-23(19,21)22)12(20)18-7-8-2-3-9(14)6-10(8)13(15,16)17/h2-3,6,11H,4-5,7H2,1H3,(H,18,20)/t11-/m0/s1. The Labute approximate surface area is 130 Å². The first-order valence-electron chi connectivity index (χ1n) is 6.61. The number of likely N-dealkylation sites (N-methyl/N-ethyl adjacent to an activating group) is 1.